The normalized spacial score (nSPS) is 10.6. The highest BCUT2D eigenvalue weighted by Crippen LogP contribution is 2.26. The predicted molar refractivity (Wildman–Crippen MR) is 115 cm³/mol. The molecule has 5 nitrogen and oxygen atoms in total. The molecule has 2 heterocycles. The van der Waals surface area contributed by atoms with E-state index >= 15 is 0 Å². The van der Waals surface area contributed by atoms with Gasteiger partial charge in [-0.25, -0.2) is 4.79 Å². The number of aryl methyl sites for hydroxylation is 1. The molecule has 2 aromatic heterocycles. The number of ether oxygens (including phenoxy) is 1. The smallest absolute Gasteiger partial charge is 0.438 e. The predicted octanol–water partition coefficient (Wildman–Crippen LogP) is 4.57. The fourth-order valence-corrected chi connectivity index (χ4v) is 3.31. The van der Waals surface area contributed by atoms with Crippen molar-refractivity contribution in [1.82, 2.24) is 9.97 Å². The average molecular weight is 396 g/mol. The Bertz CT molecular complexity index is 1160. The summed E-state index contributed by atoms with van der Waals surface area (Å²) in [7, 11) is 0. The molecule has 4 aromatic rings. The van der Waals surface area contributed by atoms with Crippen molar-refractivity contribution in [2.75, 3.05) is 6.61 Å². The summed E-state index contributed by atoms with van der Waals surface area (Å²) < 4.78 is 7.13. The maximum atomic E-state index is 13.0. The number of nitrogens with zero attached hydrogens (tertiary/aromatic N) is 3. The fraction of sp³-hybridized carbons (Fsp3) is 0.120. The molecule has 0 radical (unpaired) electrons. The van der Waals surface area contributed by atoms with E-state index in [9.17, 15) is 4.79 Å². The lowest BCUT2D eigenvalue weighted by Crippen LogP contribution is -2.42. The van der Waals surface area contributed by atoms with Crippen LogP contribution >= 0.6 is 0 Å². The summed E-state index contributed by atoms with van der Waals surface area (Å²) in [6, 6.07) is 23.8. The van der Waals surface area contributed by atoms with E-state index in [1.54, 1.807) is 30.0 Å². The van der Waals surface area contributed by atoms with Gasteiger partial charge in [0.2, 0.25) is 0 Å². The van der Waals surface area contributed by atoms with E-state index in [0.29, 0.717) is 11.6 Å². The van der Waals surface area contributed by atoms with E-state index in [4.69, 9.17) is 4.74 Å². The number of aromatic nitrogens is 3. The van der Waals surface area contributed by atoms with E-state index in [2.05, 4.69) is 47.2 Å². The second-order valence-corrected chi connectivity index (χ2v) is 6.85. The van der Waals surface area contributed by atoms with Crippen LogP contribution in [0.3, 0.4) is 0 Å². The summed E-state index contributed by atoms with van der Waals surface area (Å²) in [5.74, 6) is -0.00837. The van der Waals surface area contributed by atoms with Gasteiger partial charge in [-0.15, -0.1) is 0 Å². The molecule has 5 heteroatoms. The van der Waals surface area contributed by atoms with Crippen molar-refractivity contribution in [1.29, 1.82) is 0 Å². The molecule has 4 rings (SSSR count). The minimum absolute atomic E-state index is 0.282. The highest BCUT2D eigenvalue weighted by atomic mass is 16.5. The minimum atomic E-state index is -0.420. The first-order chi connectivity index (χ1) is 14.7. The molecule has 0 spiro atoms. The molecule has 30 heavy (non-hydrogen) atoms. The number of carbonyl (C=O) groups excluding carboxylic acids is 1. The third kappa shape index (κ3) is 3.96. The first-order valence-corrected chi connectivity index (χ1v) is 9.84. The summed E-state index contributed by atoms with van der Waals surface area (Å²) in [5.41, 5.74) is 5.25. The van der Waals surface area contributed by atoms with Crippen LogP contribution in [0.2, 0.25) is 0 Å². The van der Waals surface area contributed by atoms with Gasteiger partial charge in [0.25, 0.3) is 0 Å². The van der Waals surface area contributed by atoms with Crippen LogP contribution in [0.25, 0.3) is 28.3 Å². The molecule has 0 aliphatic rings. The lowest BCUT2D eigenvalue weighted by molar-refractivity contribution is -0.595. The van der Waals surface area contributed by atoms with Gasteiger partial charge in [0.05, 0.1) is 6.61 Å². The van der Waals surface area contributed by atoms with Crippen molar-refractivity contribution < 1.29 is 14.1 Å². The van der Waals surface area contributed by atoms with Crippen molar-refractivity contribution in [2.45, 2.75) is 13.8 Å². The molecule has 0 saturated carbocycles. The van der Waals surface area contributed by atoms with E-state index < -0.39 is 5.97 Å². The molecule has 0 aliphatic heterocycles. The third-order valence-electron chi connectivity index (χ3n) is 4.76. The van der Waals surface area contributed by atoms with Crippen LogP contribution in [0.4, 0.5) is 0 Å². The van der Waals surface area contributed by atoms with E-state index in [0.717, 1.165) is 22.4 Å². The number of esters is 1. The van der Waals surface area contributed by atoms with Gasteiger partial charge in [0.1, 0.15) is 18.1 Å². The Morgan fingerprint density at radius 3 is 2.23 bits per heavy atom. The van der Waals surface area contributed by atoms with Crippen LogP contribution in [-0.2, 0) is 4.74 Å². The molecule has 148 valence electrons. The van der Waals surface area contributed by atoms with Crippen molar-refractivity contribution in [2.24, 2.45) is 0 Å². The summed E-state index contributed by atoms with van der Waals surface area (Å²) in [6.45, 7) is 4.13. The van der Waals surface area contributed by atoms with Gasteiger partial charge in [0, 0.05) is 11.6 Å². The lowest BCUT2D eigenvalue weighted by atomic mass is 10.0. The van der Waals surface area contributed by atoms with E-state index in [-0.39, 0.29) is 6.61 Å². The molecular formula is C25H22N3O2+. The van der Waals surface area contributed by atoms with Crippen LogP contribution in [0.1, 0.15) is 23.0 Å². The zero-order valence-corrected chi connectivity index (χ0v) is 16.9. The maximum absolute atomic E-state index is 13.0. The van der Waals surface area contributed by atoms with Gasteiger partial charge in [0.15, 0.2) is 5.69 Å². The van der Waals surface area contributed by atoms with Crippen LogP contribution < -0.4 is 4.57 Å². The van der Waals surface area contributed by atoms with Crippen molar-refractivity contribution in [3.63, 3.8) is 0 Å². The molecule has 0 N–H and O–H groups in total. The first kappa shape index (κ1) is 19.5. The second kappa shape index (κ2) is 8.66. The summed E-state index contributed by atoms with van der Waals surface area (Å²) >= 11 is 0. The molecule has 0 unspecified atom stereocenters. The van der Waals surface area contributed by atoms with E-state index in [1.165, 1.54) is 5.56 Å². The van der Waals surface area contributed by atoms with E-state index in [1.807, 2.05) is 36.4 Å². The second-order valence-electron chi connectivity index (χ2n) is 6.85. The molecule has 2 aromatic carbocycles. The van der Waals surface area contributed by atoms with Gasteiger partial charge in [-0.1, -0.05) is 70.1 Å². The molecule has 0 amide bonds. The van der Waals surface area contributed by atoms with Crippen molar-refractivity contribution in [3.05, 3.63) is 96.4 Å². The molecule has 0 aliphatic carbocycles. The standard InChI is InChI=1S/C25H22N3O2/c1-3-30-24(29)23-17-21(19-12-10-18(2)11-13-19)16-22(20-8-5-4-6-9-20)28(23)25-26-14-7-15-27-25/h4-17H,3H2,1-2H3/q+1. The molecule has 0 saturated heterocycles. The largest absolute Gasteiger partial charge is 0.460 e. The zero-order chi connectivity index (χ0) is 20.9. The Balaban J connectivity index is 2.04. The highest BCUT2D eigenvalue weighted by Gasteiger charge is 2.26. The summed E-state index contributed by atoms with van der Waals surface area (Å²) in [4.78, 5) is 21.8. The van der Waals surface area contributed by atoms with Gasteiger partial charge in [-0.3, -0.25) is 0 Å². The summed E-state index contributed by atoms with van der Waals surface area (Å²) in [6.07, 6.45) is 3.32. The van der Waals surface area contributed by atoms with Crippen molar-refractivity contribution in [3.8, 4) is 28.3 Å². The maximum Gasteiger partial charge on any atom is 0.438 e. The van der Waals surface area contributed by atoms with Crippen LogP contribution in [0.15, 0.2) is 85.2 Å². The van der Waals surface area contributed by atoms with Gasteiger partial charge < -0.3 is 4.74 Å². The Morgan fingerprint density at radius 1 is 0.867 bits per heavy atom. The SMILES string of the molecule is CCOC(=O)c1cc(-c2ccc(C)cc2)cc(-c2ccccc2)[n+]1-c1ncccn1. The number of hydrogen-bond acceptors (Lipinski definition) is 4. The van der Waals surface area contributed by atoms with Crippen molar-refractivity contribution >= 4 is 5.97 Å². The number of rotatable bonds is 5. The lowest BCUT2D eigenvalue weighted by Gasteiger charge is -2.14. The molecule has 0 bridgehead atoms. The average Bonchev–Trinajstić information content (AvgIpc) is 2.80. The van der Waals surface area contributed by atoms with Crippen LogP contribution in [0.5, 0.6) is 0 Å². The molecular weight excluding hydrogens is 374 g/mol. The molecule has 0 fully saturated rings. The van der Waals surface area contributed by atoms with Gasteiger partial charge >= 0.3 is 11.9 Å². The highest BCUT2D eigenvalue weighted by molar-refractivity contribution is 5.88. The summed E-state index contributed by atoms with van der Waals surface area (Å²) in [5, 5.41) is 0. The monoisotopic (exact) mass is 396 g/mol. The molecule has 0 atom stereocenters. The third-order valence-corrected chi connectivity index (χ3v) is 4.76. The number of pyridine rings is 1. The van der Waals surface area contributed by atoms with Crippen LogP contribution in [-0.4, -0.2) is 22.5 Å². The zero-order valence-electron chi connectivity index (χ0n) is 16.9. The number of benzene rings is 2. The number of hydrogen-bond donors (Lipinski definition) is 0. The van der Waals surface area contributed by atoms with Gasteiger partial charge in [-0.05, 0) is 37.1 Å². The Hall–Kier alpha value is -3.86. The topological polar surface area (TPSA) is 56.0 Å². The first-order valence-electron chi connectivity index (χ1n) is 9.84. The Labute approximate surface area is 175 Å². The fourth-order valence-electron chi connectivity index (χ4n) is 3.31. The quantitative estimate of drug-likeness (QED) is 0.366. The Kier molecular flexibility index (Phi) is 5.61. The van der Waals surface area contributed by atoms with Gasteiger partial charge in [-0.2, -0.15) is 4.57 Å². The van der Waals surface area contributed by atoms with Crippen LogP contribution in [0, 0.1) is 6.92 Å². The minimum Gasteiger partial charge on any atom is -0.460 e. The Morgan fingerprint density at radius 2 is 1.57 bits per heavy atom. The number of carbonyl (C=O) groups is 1.